The molecule has 2 aromatic rings. The Bertz CT molecular complexity index is 636. The quantitative estimate of drug-likeness (QED) is 0.935. The first-order chi connectivity index (χ1) is 11.7. The van der Waals surface area contributed by atoms with Crippen molar-refractivity contribution in [3.63, 3.8) is 0 Å². The van der Waals surface area contributed by atoms with E-state index in [1.165, 1.54) is 0 Å². The van der Waals surface area contributed by atoms with Gasteiger partial charge in [-0.2, -0.15) is 0 Å². The van der Waals surface area contributed by atoms with E-state index in [1.54, 1.807) is 0 Å². The molecule has 0 radical (unpaired) electrons. The molecule has 0 aromatic heterocycles. The highest BCUT2D eigenvalue weighted by Crippen LogP contribution is 2.18. The minimum Gasteiger partial charge on any atom is -0.335 e. The maximum atomic E-state index is 12.9. The Labute approximate surface area is 144 Å². The summed E-state index contributed by atoms with van der Waals surface area (Å²) in [6.45, 7) is 2.65. The molecule has 1 N–H and O–H groups in total. The van der Waals surface area contributed by atoms with Crippen LogP contribution in [-0.2, 0) is 6.54 Å². The standard InChI is InChI=1S/C20H25N3O/c1-22-14-12-18(13-15-22)21-20(24)23(19-10-6-3-7-11-19)16-17-8-4-2-5-9-17/h2-11,18H,12-16H2,1H3,(H,21,24). The molecule has 126 valence electrons. The van der Waals surface area contributed by atoms with E-state index in [1.807, 2.05) is 53.4 Å². The SMILES string of the molecule is CN1CCC(NC(=O)N(Cc2ccccc2)c2ccccc2)CC1. The number of hydrogen-bond acceptors (Lipinski definition) is 2. The Morgan fingerprint density at radius 1 is 1.04 bits per heavy atom. The van der Waals surface area contributed by atoms with Gasteiger partial charge in [0.1, 0.15) is 0 Å². The molecule has 1 heterocycles. The van der Waals surface area contributed by atoms with Crippen LogP contribution in [0.1, 0.15) is 18.4 Å². The van der Waals surface area contributed by atoms with Crippen molar-refractivity contribution in [2.24, 2.45) is 0 Å². The Kier molecular flexibility index (Phi) is 5.49. The van der Waals surface area contributed by atoms with Gasteiger partial charge in [0.05, 0.1) is 6.54 Å². The number of amides is 2. The van der Waals surface area contributed by atoms with Crippen LogP contribution in [-0.4, -0.2) is 37.1 Å². The second-order valence-corrected chi connectivity index (χ2v) is 6.43. The number of nitrogens with one attached hydrogen (secondary N) is 1. The number of piperidine rings is 1. The number of hydrogen-bond donors (Lipinski definition) is 1. The van der Waals surface area contributed by atoms with Gasteiger partial charge in [-0.1, -0.05) is 48.5 Å². The van der Waals surface area contributed by atoms with Gasteiger partial charge in [-0.15, -0.1) is 0 Å². The number of rotatable bonds is 4. The van der Waals surface area contributed by atoms with Crippen LogP contribution in [0.2, 0.25) is 0 Å². The third-order valence-corrected chi connectivity index (χ3v) is 4.54. The van der Waals surface area contributed by atoms with Gasteiger partial charge in [0.15, 0.2) is 0 Å². The monoisotopic (exact) mass is 323 g/mol. The fourth-order valence-electron chi connectivity index (χ4n) is 3.06. The molecule has 0 unspecified atom stereocenters. The second-order valence-electron chi connectivity index (χ2n) is 6.43. The van der Waals surface area contributed by atoms with Crippen LogP contribution in [0, 0.1) is 0 Å². The zero-order chi connectivity index (χ0) is 16.8. The molecule has 0 aliphatic carbocycles. The summed E-state index contributed by atoms with van der Waals surface area (Å²) >= 11 is 0. The second kappa shape index (κ2) is 7.97. The van der Waals surface area contributed by atoms with Crippen molar-refractivity contribution < 1.29 is 4.79 Å². The predicted molar refractivity (Wildman–Crippen MR) is 98.1 cm³/mol. The number of carbonyl (C=O) groups excluding carboxylic acids is 1. The molecule has 1 aliphatic heterocycles. The average molecular weight is 323 g/mol. The summed E-state index contributed by atoms with van der Waals surface area (Å²) in [5.41, 5.74) is 2.05. The topological polar surface area (TPSA) is 35.6 Å². The van der Waals surface area contributed by atoms with Crippen LogP contribution >= 0.6 is 0 Å². The van der Waals surface area contributed by atoms with Crippen molar-refractivity contribution in [1.29, 1.82) is 0 Å². The van der Waals surface area contributed by atoms with E-state index in [9.17, 15) is 4.79 Å². The molecule has 0 bridgehead atoms. The van der Waals surface area contributed by atoms with Crippen molar-refractivity contribution >= 4 is 11.7 Å². The molecule has 1 aliphatic rings. The van der Waals surface area contributed by atoms with Crippen molar-refractivity contribution in [3.8, 4) is 0 Å². The highest BCUT2D eigenvalue weighted by atomic mass is 16.2. The highest BCUT2D eigenvalue weighted by molar-refractivity contribution is 5.92. The van der Waals surface area contributed by atoms with Crippen LogP contribution in [0.3, 0.4) is 0 Å². The van der Waals surface area contributed by atoms with E-state index < -0.39 is 0 Å². The largest absolute Gasteiger partial charge is 0.335 e. The van der Waals surface area contributed by atoms with E-state index in [-0.39, 0.29) is 12.1 Å². The van der Waals surface area contributed by atoms with Crippen LogP contribution in [0.15, 0.2) is 60.7 Å². The lowest BCUT2D eigenvalue weighted by Gasteiger charge is -2.32. The molecule has 0 spiro atoms. The molecule has 1 saturated heterocycles. The summed E-state index contributed by atoms with van der Waals surface area (Å²) < 4.78 is 0. The normalized spacial score (nSPS) is 15.9. The fraction of sp³-hybridized carbons (Fsp3) is 0.350. The number of para-hydroxylation sites is 1. The van der Waals surface area contributed by atoms with Crippen molar-refractivity contribution in [2.45, 2.75) is 25.4 Å². The van der Waals surface area contributed by atoms with E-state index in [4.69, 9.17) is 0 Å². The third kappa shape index (κ3) is 4.36. The summed E-state index contributed by atoms with van der Waals surface area (Å²) in [5, 5.41) is 3.22. The highest BCUT2D eigenvalue weighted by Gasteiger charge is 2.22. The van der Waals surface area contributed by atoms with Gasteiger partial charge < -0.3 is 10.2 Å². The minimum absolute atomic E-state index is 0.0143. The molecule has 0 saturated carbocycles. The third-order valence-electron chi connectivity index (χ3n) is 4.54. The van der Waals surface area contributed by atoms with Gasteiger partial charge in [0, 0.05) is 11.7 Å². The molecule has 2 amide bonds. The summed E-state index contributed by atoms with van der Waals surface area (Å²) in [5.74, 6) is 0. The van der Waals surface area contributed by atoms with Gasteiger partial charge in [-0.3, -0.25) is 4.90 Å². The number of carbonyl (C=O) groups is 1. The van der Waals surface area contributed by atoms with E-state index in [2.05, 4.69) is 29.4 Å². The smallest absolute Gasteiger partial charge is 0.322 e. The number of anilines is 1. The molecule has 1 fully saturated rings. The first-order valence-corrected chi connectivity index (χ1v) is 8.58. The Morgan fingerprint density at radius 2 is 1.62 bits per heavy atom. The minimum atomic E-state index is -0.0143. The lowest BCUT2D eigenvalue weighted by atomic mass is 10.1. The molecular formula is C20H25N3O. The van der Waals surface area contributed by atoms with Gasteiger partial charge in [0.25, 0.3) is 0 Å². The van der Waals surface area contributed by atoms with Crippen LogP contribution < -0.4 is 10.2 Å². The van der Waals surface area contributed by atoms with Crippen LogP contribution in [0.25, 0.3) is 0 Å². The number of benzene rings is 2. The first-order valence-electron chi connectivity index (χ1n) is 8.58. The number of likely N-dealkylation sites (tertiary alicyclic amines) is 1. The van der Waals surface area contributed by atoms with Gasteiger partial charge in [-0.25, -0.2) is 4.79 Å². The van der Waals surface area contributed by atoms with E-state index >= 15 is 0 Å². The zero-order valence-electron chi connectivity index (χ0n) is 14.2. The molecule has 2 aromatic carbocycles. The molecule has 0 atom stereocenters. The van der Waals surface area contributed by atoms with Crippen LogP contribution in [0.4, 0.5) is 10.5 Å². The van der Waals surface area contributed by atoms with Crippen LogP contribution in [0.5, 0.6) is 0 Å². The average Bonchev–Trinajstić information content (AvgIpc) is 2.63. The predicted octanol–water partition coefficient (Wildman–Crippen LogP) is 3.50. The molecular weight excluding hydrogens is 298 g/mol. The van der Waals surface area contributed by atoms with Crippen molar-refractivity contribution in [1.82, 2.24) is 10.2 Å². The molecule has 4 nitrogen and oxygen atoms in total. The lowest BCUT2D eigenvalue weighted by Crippen LogP contribution is -2.48. The summed E-state index contributed by atoms with van der Waals surface area (Å²) in [4.78, 5) is 17.0. The molecule has 3 rings (SSSR count). The van der Waals surface area contributed by atoms with Crippen molar-refractivity contribution in [2.75, 3.05) is 25.0 Å². The van der Waals surface area contributed by atoms with Gasteiger partial charge in [0.2, 0.25) is 0 Å². The number of nitrogens with zero attached hydrogens (tertiary/aromatic N) is 2. The van der Waals surface area contributed by atoms with Crippen molar-refractivity contribution in [3.05, 3.63) is 66.2 Å². The number of urea groups is 1. The summed E-state index contributed by atoms with van der Waals surface area (Å²) in [7, 11) is 2.13. The molecule has 24 heavy (non-hydrogen) atoms. The van der Waals surface area contributed by atoms with E-state index in [0.29, 0.717) is 6.54 Å². The summed E-state index contributed by atoms with van der Waals surface area (Å²) in [6.07, 6.45) is 2.02. The Hall–Kier alpha value is -2.33. The maximum absolute atomic E-state index is 12.9. The van der Waals surface area contributed by atoms with Gasteiger partial charge in [-0.05, 0) is 50.7 Å². The Balaban J connectivity index is 1.73. The van der Waals surface area contributed by atoms with E-state index in [0.717, 1.165) is 37.2 Å². The molecule has 4 heteroatoms. The maximum Gasteiger partial charge on any atom is 0.322 e. The lowest BCUT2D eigenvalue weighted by molar-refractivity contribution is 0.217. The Morgan fingerprint density at radius 3 is 2.25 bits per heavy atom. The van der Waals surface area contributed by atoms with Gasteiger partial charge >= 0.3 is 6.03 Å². The first kappa shape index (κ1) is 16.5. The summed E-state index contributed by atoms with van der Waals surface area (Å²) in [6, 6.07) is 20.2. The zero-order valence-corrected chi connectivity index (χ0v) is 14.2. The fourth-order valence-corrected chi connectivity index (χ4v) is 3.06.